The second kappa shape index (κ2) is 8.62. The molecule has 1 heterocycles. The summed E-state index contributed by atoms with van der Waals surface area (Å²) >= 11 is 0. The fourth-order valence-electron chi connectivity index (χ4n) is 2.93. The summed E-state index contributed by atoms with van der Waals surface area (Å²) in [4.78, 5) is 27.8. The molecule has 2 aromatic carbocycles. The lowest BCUT2D eigenvalue weighted by atomic mass is 10.1. The number of hydrogen-bond donors (Lipinski definition) is 0. The number of carbonyl (C=O) groups excluding carboxylic acids is 2. The van der Waals surface area contributed by atoms with Crippen molar-refractivity contribution in [3.05, 3.63) is 65.7 Å². The van der Waals surface area contributed by atoms with E-state index in [2.05, 4.69) is 0 Å². The normalized spacial score (nSPS) is 14.1. The maximum absolute atomic E-state index is 13.2. The number of rotatable bonds is 5. The number of halogens is 2. The first-order chi connectivity index (χ1) is 13.0. The Kier molecular flexibility index (Phi) is 6.01. The molecule has 142 valence electrons. The van der Waals surface area contributed by atoms with Crippen molar-refractivity contribution in [3.8, 4) is 5.75 Å². The van der Waals surface area contributed by atoms with Crippen LogP contribution in [0.5, 0.6) is 5.75 Å². The predicted octanol–water partition coefficient (Wildman–Crippen LogP) is 2.26. The Morgan fingerprint density at radius 3 is 2.07 bits per heavy atom. The molecular formula is C20H20F2N2O3. The van der Waals surface area contributed by atoms with Gasteiger partial charge in [-0.25, -0.2) is 8.78 Å². The molecule has 1 fully saturated rings. The number of hydrogen-bond acceptors (Lipinski definition) is 3. The number of ether oxygens (including phenoxy) is 1. The van der Waals surface area contributed by atoms with Gasteiger partial charge in [0.2, 0.25) is 5.91 Å². The molecule has 0 saturated carbocycles. The lowest BCUT2D eigenvalue weighted by Crippen LogP contribution is -2.52. The topological polar surface area (TPSA) is 49.9 Å². The highest BCUT2D eigenvalue weighted by atomic mass is 19.1. The third kappa shape index (κ3) is 5.26. The first kappa shape index (κ1) is 18.8. The van der Waals surface area contributed by atoms with E-state index in [0.29, 0.717) is 37.5 Å². The van der Waals surface area contributed by atoms with Crippen LogP contribution in [0.15, 0.2) is 48.5 Å². The van der Waals surface area contributed by atoms with Gasteiger partial charge >= 0.3 is 0 Å². The quantitative estimate of drug-likeness (QED) is 0.807. The average molecular weight is 374 g/mol. The standard InChI is InChI=1S/C20H20F2N2O3/c21-16-4-1-3-15(11-16)12-19(25)23-7-9-24(10-8-23)20(26)14-27-18-6-2-5-17(22)13-18/h1-6,11,13H,7-10,12,14H2. The molecule has 1 aliphatic rings. The van der Waals surface area contributed by atoms with Crippen molar-refractivity contribution < 1.29 is 23.1 Å². The van der Waals surface area contributed by atoms with Crippen LogP contribution in [0, 0.1) is 11.6 Å². The van der Waals surface area contributed by atoms with Crippen LogP contribution in [0.25, 0.3) is 0 Å². The van der Waals surface area contributed by atoms with E-state index in [-0.39, 0.29) is 30.7 Å². The molecule has 0 aliphatic carbocycles. The SMILES string of the molecule is O=C(COc1cccc(F)c1)N1CCN(C(=O)Cc2cccc(F)c2)CC1. The van der Waals surface area contributed by atoms with Crippen LogP contribution in [0.3, 0.4) is 0 Å². The average Bonchev–Trinajstić information content (AvgIpc) is 2.66. The highest BCUT2D eigenvalue weighted by Gasteiger charge is 2.24. The molecule has 3 rings (SSSR count). The van der Waals surface area contributed by atoms with Crippen LogP contribution in [-0.2, 0) is 16.0 Å². The molecule has 2 aromatic rings. The number of carbonyl (C=O) groups is 2. The van der Waals surface area contributed by atoms with Crippen LogP contribution >= 0.6 is 0 Å². The lowest BCUT2D eigenvalue weighted by Gasteiger charge is -2.34. The highest BCUT2D eigenvalue weighted by Crippen LogP contribution is 2.13. The van der Waals surface area contributed by atoms with E-state index in [1.54, 1.807) is 28.0 Å². The fourth-order valence-corrected chi connectivity index (χ4v) is 2.93. The summed E-state index contributed by atoms with van der Waals surface area (Å²) in [6.45, 7) is 1.46. The van der Waals surface area contributed by atoms with Gasteiger partial charge in [0.25, 0.3) is 5.91 Å². The van der Waals surface area contributed by atoms with Gasteiger partial charge in [0.1, 0.15) is 17.4 Å². The molecule has 7 heteroatoms. The Labute approximate surface area is 156 Å². The van der Waals surface area contributed by atoms with Crippen molar-refractivity contribution in [2.24, 2.45) is 0 Å². The van der Waals surface area contributed by atoms with Gasteiger partial charge in [0.15, 0.2) is 6.61 Å². The van der Waals surface area contributed by atoms with E-state index in [1.165, 1.54) is 30.3 Å². The van der Waals surface area contributed by atoms with Crippen molar-refractivity contribution in [2.45, 2.75) is 6.42 Å². The maximum Gasteiger partial charge on any atom is 0.260 e. The van der Waals surface area contributed by atoms with E-state index in [9.17, 15) is 18.4 Å². The molecule has 27 heavy (non-hydrogen) atoms. The molecule has 2 amide bonds. The van der Waals surface area contributed by atoms with Crippen LogP contribution in [0.2, 0.25) is 0 Å². The largest absolute Gasteiger partial charge is 0.484 e. The highest BCUT2D eigenvalue weighted by molar-refractivity contribution is 5.80. The molecule has 0 aromatic heterocycles. The lowest BCUT2D eigenvalue weighted by molar-refractivity contribution is -0.140. The number of piperazine rings is 1. The van der Waals surface area contributed by atoms with Gasteiger partial charge in [0, 0.05) is 32.2 Å². The first-order valence-corrected chi connectivity index (χ1v) is 8.69. The number of nitrogens with zero attached hydrogens (tertiary/aromatic N) is 2. The fraction of sp³-hybridized carbons (Fsp3) is 0.300. The van der Waals surface area contributed by atoms with Gasteiger partial charge in [-0.05, 0) is 29.8 Å². The van der Waals surface area contributed by atoms with Crippen LogP contribution < -0.4 is 4.74 Å². The molecular weight excluding hydrogens is 354 g/mol. The number of benzene rings is 2. The van der Waals surface area contributed by atoms with E-state index in [4.69, 9.17) is 4.74 Å². The molecule has 0 spiro atoms. The van der Waals surface area contributed by atoms with E-state index < -0.39 is 5.82 Å². The third-order valence-corrected chi connectivity index (χ3v) is 4.39. The zero-order chi connectivity index (χ0) is 19.2. The summed E-state index contributed by atoms with van der Waals surface area (Å²) in [5.41, 5.74) is 0.627. The zero-order valence-electron chi connectivity index (χ0n) is 14.7. The van der Waals surface area contributed by atoms with Crippen molar-refractivity contribution in [2.75, 3.05) is 32.8 Å². The van der Waals surface area contributed by atoms with Crippen LogP contribution in [-0.4, -0.2) is 54.4 Å². The van der Waals surface area contributed by atoms with Crippen LogP contribution in [0.4, 0.5) is 8.78 Å². The first-order valence-electron chi connectivity index (χ1n) is 8.69. The van der Waals surface area contributed by atoms with Crippen molar-refractivity contribution in [1.29, 1.82) is 0 Å². The Balaban J connectivity index is 1.45. The summed E-state index contributed by atoms with van der Waals surface area (Å²) in [6.07, 6.45) is 0.133. The van der Waals surface area contributed by atoms with Crippen LogP contribution in [0.1, 0.15) is 5.56 Å². The van der Waals surface area contributed by atoms with Gasteiger partial charge in [-0.15, -0.1) is 0 Å². The minimum absolute atomic E-state index is 0.0938. The summed E-state index contributed by atoms with van der Waals surface area (Å²) in [7, 11) is 0. The van der Waals surface area contributed by atoms with Crippen molar-refractivity contribution in [1.82, 2.24) is 9.80 Å². The minimum Gasteiger partial charge on any atom is -0.484 e. The number of amides is 2. The van der Waals surface area contributed by atoms with E-state index in [0.717, 1.165) is 0 Å². The zero-order valence-corrected chi connectivity index (χ0v) is 14.7. The van der Waals surface area contributed by atoms with Gasteiger partial charge in [0.05, 0.1) is 6.42 Å². The minimum atomic E-state index is -0.426. The Morgan fingerprint density at radius 2 is 1.44 bits per heavy atom. The molecule has 0 radical (unpaired) electrons. The smallest absolute Gasteiger partial charge is 0.260 e. The molecule has 0 atom stereocenters. The monoisotopic (exact) mass is 374 g/mol. The molecule has 5 nitrogen and oxygen atoms in total. The molecule has 1 saturated heterocycles. The molecule has 0 N–H and O–H groups in total. The second-order valence-corrected chi connectivity index (χ2v) is 6.31. The summed E-state index contributed by atoms with van der Waals surface area (Å²) in [5, 5.41) is 0. The summed E-state index contributed by atoms with van der Waals surface area (Å²) < 4.78 is 31.6. The van der Waals surface area contributed by atoms with Gasteiger partial charge in [-0.3, -0.25) is 9.59 Å². The predicted molar refractivity (Wildman–Crippen MR) is 95.2 cm³/mol. The molecule has 1 aliphatic heterocycles. The Hall–Kier alpha value is -2.96. The summed E-state index contributed by atoms with van der Waals surface area (Å²) in [5.74, 6) is -0.799. The van der Waals surface area contributed by atoms with Crippen molar-refractivity contribution >= 4 is 11.8 Å². The summed E-state index contributed by atoms with van der Waals surface area (Å²) in [6, 6.07) is 11.6. The molecule has 0 bridgehead atoms. The van der Waals surface area contributed by atoms with Gasteiger partial charge in [-0.2, -0.15) is 0 Å². The van der Waals surface area contributed by atoms with Gasteiger partial charge in [-0.1, -0.05) is 18.2 Å². The third-order valence-electron chi connectivity index (χ3n) is 4.39. The van der Waals surface area contributed by atoms with E-state index >= 15 is 0 Å². The second-order valence-electron chi connectivity index (χ2n) is 6.31. The Bertz CT molecular complexity index is 820. The van der Waals surface area contributed by atoms with Gasteiger partial charge < -0.3 is 14.5 Å². The van der Waals surface area contributed by atoms with E-state index in [1.807, 2.05) is 0 Å². The van der Waals surface area contributed by atoms with Crippen molar-refractivity contribution in [3.63, 3.8) is 0 Å². The maximum atomic E-state index is 13.2. The Morgan fingerprint density at radius 1 is 0.852 bits per heavy atom. The molecule has 0 unspecified atom stereocenters.